The van der Waals surface area contributed by atoms with Crippen LogP contribution in [0.2, 0.25) is 5.02 Å². The Labute approximate surface area is 121 Å². The zero-order valence-corrected chi connectivity index (χ0v) is 11.9. The van der Waals surface area contributed by atoms with E-state index < -0.39 is 16.2 Å². The van der Waals surface area contributed by atoms with Crippen molar-refractivity contribution in [3.05, 3.63) is 28.8 Å². The highest BCUT2D eigenvalue weighted by Crippen LogP contribution is 2.25. The molecule has 0 radical (unpaired) electrons. The second-order valence-electron chi connectivity index (χ2n) is 4.12. The van der Waals surface area contributed by atoms with Crippen LogP contribution in [0, 0.1) is 0 Å². The first-order valence-electron chi connectivity index (χ1n) is 5.78. The Morgan fingerprint density at radius 2 is 2.00 bits per heavy atom. The largest absolute Gasteiger partial charge is 0.478 e. The van der Waals surface area contributed by atoms with Crippen LogP contribution in [-0.4, -0.2) is 50.1 Å². The molecule has 1 saturated heterocycles. The summed E-state index contributed by atoms with van der Waals surface area (Å²) >= 11 is 5.88. The topological polar surface area (TPSA) is 95.9 Å². The first-order chi connectivity index (χ1) is 9.40. The summed E-state index contributed by atoms with van der Waals surface area (Å²) in [4.78, 5) is 10.8. The van der Waals surface area contributed by atoms with E-state index >= 15 is 0 Å². The molecule has 0 aromatic heterocycles. The quantitative estimate of drug-likeness (QED) is 0.863. The van der Waals surface area contributed by atoms with Crippen LogP contribution in [0.5, 0.6) is 0 Å². The maximum atomic E-state index is 12.1. The SMILES string of the molecule is O=C(O)c1ccc(NS(=O)(=O)N2CCOCC2)c(Cl)c1. The molecule has 1 fully saturated rings. The van der Waals surface area contributed by atoms with Gasteiger partial charge in [-0.3, -0.25) is 4.72 Å². The van der Waals surface area contributed by atoms with Gasteiger partial charge in [0.25, 0.3) is 0 Å². The van der Waals surface area contributed by atoms with Crippen LogP contribution in [0.3, 0.4) is 0 Å². The molecule has 0 bridgehead atoms. The molecule has 1 aliphatic rings. The fraction of sp³-hybridized carbons (Fsp3) is 0.364. The van der Waals surface area contributed by atoms with Crippen molar-refractivity contribution in [3.8, 4) is 0 Å². The Morgan fingerprint density at radius 3 is 2.55 bits per heavy atom. The summed E-state index contributed by atoms with van der Waals surface area (Å²) in [6.07, 6.45) is 0. The van der Waals surface area contributed by atoms with Gasteiger partial charge in [0.2, 0.25) is 0 Å². The van der Waals surface area contributed by atoms with Gasteiger partial charge in [0.05, 0.1) is 29.5 Å². The normalized spacial score (nSPS) is 16.9. The highest BCUT2D eigenvalue weighted by molar-refractivity contribution is 7.90. The van der Waals surface area contributed by atoms with Crippen molar-refractivity contribution < 1.29 is 23.1 Å². The standard InChI is InChI=1S/C11H13ClN2O5S/c12-9-7-8(11(15)16)1-2-10(9)13-20(17,18)14-3-5-19-6-4-14/h1-2,7,13H,3-6H2,(H,15,16). The number of hydrogen-bond acceptors (Lipinski definition) is 4. The zero-order valence-electron chi connectivity index (χ0n) is 10.4. The number of nitrogens with zero attached hydrogens (tertiary/aromatic N) is 1. The van der Waals surface area contributed by atoms with Crippen LogP contribution >= 0.6 is 11.6 Å². The smallest absolute Gasteiger partial charge is 0.335 e. The lowest BCUT2D eigenvalue weighted by Crippen LogP contribution is -2.43. The predicted molar refractivity (Wildman–Crippen MR) is 73.3 cm³/mol. The number of hydrogen-bond donors (Lipinski definition) is 2. The van der Waals surface area contributed by atoms with E-state index in [0.29, 0.717) is 13.2 Å². The fourth-order valence-corrected chi connectivity index (χ4v) is 3.22. The lowest BCUT2D eigenvalue weighted by molar-refractivity contribution is 0.0697. The molecule has 0 amide bonds. The molecular formula is C11H13ClN2O5S. The molecule has 1 aliphatic heterocycles. The second kappa shape index (κ2) is 5.96. The molecule has 0 spiro atoms. The molecule has 1 heterocycles. The Balaban J connectivity index is 2.18. The monoisotopic (exact) mass is 320 g/mol. The third-order valence-electron chi connectivity index (χ3n) is 2.76. The highest BCUT2D eigenvalue weighted by Gasteiger charge is 2.25. The average molecular weight is 321 g/mol. The first-order valence-corrected chi connectivity index (χ1v) is 7.60. The van der Waals surface area contributed by atoms with Gasteiger partial charge in [-0.05, 0) is 18.2 Å². The molecule has 0 unspecified atom stereocenters. The molecule has 0 atom stereocenters. The summed E-state index contributed by atoms with van der Waals surface area (Å²) in [7, 11) is -3.72. The molecule has 2 N–H and O–H groups in total. The summed E-state index contributed by atoms with van der Waals surface area (Å²) in [5, 5.41) is 8.85. The number of aromatic carboxylic acids is 1. The Morgan fingerprint density at radius 1 is 1.35 bits per heavy atom. The van der Waals surface area contributed by atoms with E-state index in [2.05, 4.69) is 4.72 Å². The number of carbonyl (C=O) groups is 1. The van der Waals surface area contributed by atoms with E-state index in [1.807, 2.05) is 0 Å². The minimum Gasteiger partial charge on any atom is -0.478 e. The predicted octanol–water partition coefficient (Wildman–Crippen LogP) is 1.03. The van der Waals surface area contributed by atoms with E-state index in [9.17, 15) is 13.2 Å². The zero-order chi connectivity index (χ0) is 14.8. The van der Waals surface area contributed by atoms with Gasteiger partial charge in [-0.25, -0.2) is 4.79 Å². The lowest BCUT2D eigenvalue weighted by Gasteiger charge is -2.26. The minimum atomic E-state index is -3.72. The van der Waals surface area contributed by atoms with Crippen molar-refractivity contribution in [2.75, 3.05) is 31.0 Å². The van der Waals surface area contributed by atoms with Crippen molar-refractivity contribution in [2.45, 2.75) is 0 Å². The number of carboxylic acids is 1. The number of nitrogens with one attached hydrogen (secondary N) is 1. The van der Waals surface area contributed by atoms with Crippen molar-refractivity contribution >= 4 is 33.5 Å². The van der Waals surface area contributed by atoms with Gasteiger partial charge >= 0.3 is 16.2 Å². The maximum absolute atomic E-state index is 12.1. The van der Waals surface area contributed by atoms with E-state index in [0.717, 1.165) is 0 Å². The third-order valence-corrected chi connectivity index (χ3v) is 4.60. The molecular weight excluding hydrogens is 308 g/mol. The van der Waals surface area contributed by atoms with Crippen molar-refractivity contribution in [2.24, 2.45) is 0 Å². The van der Waals surface area contributed by atoms with Crippen LogP contribution in [0.4, 0.5) is 5.69 Å². The molecule has 110 valence electrons. The summed E-state index contributed by atoms with van der Waals surface area (Å²) < 4.78 is 32.9. The molecule has 1 aromatic rings. The summed E-state index contributed by atoms with van der Waals surface area (Å²) in [6, 6.07) is 3.80. The molecule has 0 saturated carbocycles. The lowest BCUT2D eigenvalue weighted by atomic mass is 10.2. The first kappa shape index (κ1) is 15.0. The summed E-state index contributed by atoms with van der Waals surface area (Å²) in [5.41, 5.74) is 0.132. The van der Waals surface area contributed by atoms with Crippen LogP contribution in [0.15, 0.2) is 18.2 Å². The maximum Gasteiger partial charge on any atom is 0.335 e. The van der Waals surface area contributed by atoms with E-state index in [-0.39, 0.29) is 29.4 Å². The summed E-state index contributed by atoms with van der Waals surface area (Å²) in [6.45, 7) is 1.21. The van der Waals surface area contributed by atoms with Crippen LogP contribution < -0.4 is 4.72 Å². The Hall–Kier alpha value is -1.35. The third kappa shape index (κ3) is 3.40. The molecule has 20 heavy (non-hydrogen) atoms. The van der Waals surface area contributed by atoms with Gasteiger partial charge in [-0.1, -0.05) is 11.6 Å². The van der Waals surface area contributed by atoms with E-state index in [1.54, 1.807) is 0 Å². The van der Waals surface area contributed by atoms with Crippen molar-refractivity contribution in [1.29, 1.82) is 0 Å². The second-order valence-corrected chi connectivity index (χ2v) is 6.20. The molecule has 2 rings (SSSR count). The molecule has 9 heteroatoms. The van der Waals surface area contributed by atoms with Gasteiger partial charge in [0.15, 0.2) is 0 Å². The van der Waals surface area contributed by atoms with Crippen molar-refractivity contribution in [1.82, 2.24) is 4.31 Å². The Kier molecular flexibility index (Phi) is 4.48. The molecule has 7 nitrogen and oxygen atoms in total. The number of carboxylic acid groups (broad SMARTS) is 1. The van der Waals surface area contributed by atoms with Crippen molar-refractivity contribution in [3.63, 3.8) is 0 Å². The van der Waals surface area contributed by atoms with Gasteiger partial charge < -0.3 is 9.84 Å². The van der Waals surface area contributed by atoms with Gasteiger partial charge in [0.1, 0.15) is 0 Å². The summed E-state index contributed by atoms with van der Waals surface area (Å²) in [5.74, 6) is -1.13. The molecule has 1 aromatic carbocycles. The minimum absolute atomic E-state index is 0.00989. The number of halogens is 1. The number of anilines is 1. The number of benzene rings is 1. The van der Waals surface area contributed by atoms with Crippen LogP contribution in [0.25, 0.3) is 0 Å². The highest BCUT2D eigenvalue weighted by atomic mass is 35.5. The number of rotatable bonds is 4. The van der Waals surface area contributed by atoms with Crippen LogP contribution in [-0.2, 0) is 14.9 Å². The fourth-order valence-electron chi connectivity index (χ4n) is 1.72. The van der Waals surface area contributed by atoms with E-state index in [4.69, 9.17) is 21.4 Å². The Bertz CT molecular complexity index is 613. The van der Waals surface area contributed by atoms with Crippen LogP contribution in [0.1, 0.15) is 10.4 Å². The molecule has 0 aliphatic carbocycles. The number of morpholine rings is 1. The van der Waals surface area contributed by atoms with Gasteiger partial charge in [-0.15, -0.1) is 0 Å². The average Bonchev–Trinajstić information content (AvgIpc) is 2.41. The number of ether oxygens (including phenoxy) is 1. The van der Waals surface area contributed by atoms with Gasteiger partial charge in [-0.2, -0.15) is 12.7 Å². The van der Waals surface area contributed by atoms with Gasteiger partial charge in [0, 0.05) is 13.1 Å². The van der Waals surface area contributed by atoms with E-state index in [1.165, 1.54) is 22.5 Å².